The van der Waals surface area contributed by atoms with Crippen molar-refractivity contribution in [2.24, 2.45) is 0 Å². The minimum atomic E-state index is 0.451. The van der Waals surface area contributed by atoms with Crippen LogP contribution in [-0.4, -0.2) is 0 Å². The number of hydrogen-bond donors (Lipinski definition) is 0. The van der Waals surface area contributed by atoms with Crippen molar-refractivity contribution >= 4 is 43.1 Å². The molecule has 288 valence electrons. The summed E-state index contributed by atoms with van der Waals surface area (Å²) in [5.74, 6) is 0.451. The third kappa shape index (κ3) is 6.58. The first-order valence-corrected chi connectivity index (χ1v) is 21.4. The van der Waals surface area contributed by atoms with Crippen LogP contribution < -0.4 is 0 Å². The van der Waals surface area contributed by atoms with Gasteiger partial charge >= 0.3 is 0 Å². The van der Waals surface area contributed by atoms with E-state index in [1.165, 1.54) is 115 Å². The van der Waals surface area contributed by atoms with Crippen molar-refractivity contribution in [3.05, 3.63) is 230 Å². The summed E-state index contributed by atoms with van der Waals surface area (Å²) in [7, 11) is 0. The Morgan fingerprint density at radius 2 is 0.705 bits per heavy atom. The Labute approximate surface area is 358 Å². The fraction of sp³-hybridized carbons (Fsp3) is 0.0492. The summed E-state index contributed by atoms with van der Waals surface area (Å²) in [6.45, 7) is 4.55. The highest BCUT2D eigenvalue weighted by atomic mass is 14.2. The maximum Gasteiger partial charge on any atom is -0.00261 e. The van der Waals surface area contributed by atoms with E-state index in [9.17, 15) is 0 Å². The molecule has 0 nitrogen and oxygen atoms in total. The molecule has 0 spiro atoms. The van der Waals surface area contributed by atoms with Gasteiger partial charge in [-0.15, -0.1) is 0 Å². The lowest BCUT2D eigenvalue weighted by Gasteiger charge is -2.20. The Balaban J connectivity index is 1.06. The minimum Gasteiger partial charge on any atom is -0.0616 e. The zero-order chi connectivity index (χ0) is 40.9. The Morgan fingerprint density at radius 3 is 1.33 bits per heavy atom. The third-order valence-corrected chi connectivity index (χ3v) is 12.7. The molecule has 11 rings (SSSR count). The maximum absolute atomic E-state index is 2.44. The second-order valence-electron chi connectivity index (χ2n) is 16.6. The molecule has 0 bridgehead atoms. The fourth-order valence-electron chi connectivity index (χ4n) is 9.51. The van der Waals surface area contributed by atoms with E-state index in [-0.39, 0.29) is 0 Å². The molecule has 0 amide bonds. The number of benzene rings is 11. The van der Waals surface area contributed by atoms with Gasteiger partial charge in [0.05, 0.1) is 0 Å². The molecule has 0 radical (unpaired) electrons. The van der Waals surface area contributed by atoms with Crippen molar-refractivity contribution in [2.45, 2.75) is 19.8 Å². The van der Waals surface area contributed by atoms with Crippen LogP contribution in [0.4, 0.5) is 0 Å². The van der Waals surface area contributed by atoms with Crippen molar-refractivity contribution in [3.63, 3.8) is 0 Å². The quantitative estimate of drug-likeness (QED) is 0.141. The minimum absolute atomic E-state index is 0.451. The summed E-state index contributed by atoms with van der Waals surface area (Å²) in [6.07, 6.45) is 0. The molecule has 0 heterocycles. The fourth-order valence-corrected chi connectivity index (χ4v) is 9.51. The molecule has 0 aliphatic rings. The molecule has 0 saturated carbocycles. The van der Waals surface area contributed by atoms with E-state index in [2.05, 4.69) is 238 Å². The molecule has 0 N–H and O–H groups in total. The molecule has 11 aromatic rings. The lowest BCUT2D eigenvalue weighted by molar-refractivity contribution is 0.867. The first kappa shape index (κ1) is 36.5. The summed E-state index contributed by atoms with van der Waals surface area (Å²) in [4.78, 5) is 0. The SMILES string of the molecule is CC(C)c1cccc(-c2c3ccccc3c(-c3ccc(-c4ccc5ccccc5c4)c(-c4ccc(-c5ccc(-c6cccc7ccccc67)cc5)cc4)c3)c3ccccc23)c1. The van der Waals surface area contributed by atoms with Gasteiger partial charge in [0.1, 0.15) is 0 Å². The van der Waals surface area contributed by atoms with Crippen LogP contribution in [0.1, 0.15) is 25.3 Å². The van der Waals surface area contributed by atoms with Crippen molar-refractivity contribution in [3.8, 4) is 66.8 Å². The van der Waals surface area contributed by atoms with Crippen LogP contribution in [0.3, 0.4) is 0 Å². The van der Waals surface area contributed by atoms with Gasteiger partial charge in [0.15, 0.2) is 0 Å². The van der Waals surface area contributed by atoms with Crippen LogP contribution >= 0.6 is 0 Å². The summed E-state index contributed by atoms with van der Waals surface area (Å²) < 4.78 is 0. The van der Waals surface area contributed by atoms with Crippen molar-refractivity contribution < 1.29 is 0 Å². The molecule has 61 heavy (non-hydrogen) atoms. The third-order valence-electron chi connectivity index (χ3n) is 12.7. The van der Waals surface area contributed by atoms with Crippen LogP contribution in [-0.2, 0) is 0 Å². The van der Waals surface area contributed by atoms with Gasteiger partial charge in [0, 0.05) is 0 Å². The van der Waals surface area contributed by atoms with Gasteiger partial charge in [-0.1, -0.05) is 226 Å². The standard InChI is InChI=1S/C61H44/c1-40(2)47-17-11-18-50(37-47)60-55-20-7-9-22-57(55)61(58-23-10-8-21-56(58)60)51-35-36-54(49-34-29-41-13-3-4-15-48(41)38-49)59(39-51)46-32-27-43(28-33-46)42-25-30-45(31-26-42)53-24-12-16-44-14-5-6-19-52(44)53/h3-40H,1-2H3. The molecule has 11 aromatic carbocycles. The molecule has 0 atom stereocenters. The highest BCUT2D eigenvalue weighted by Gasteiger charge is 2.19. The summed E-state index contributed by atoms with van der Waals surface area (Å²) in [6, 6.07) is 83.1. The van der Waals surface area contributed by atoms with Crippen LogP contribution in [0.5, 0.6) is 0 Å². The van der Waals surface area contributed by atoms with Crippen molar-refractivity contribution in [1.29, 1.82) is 0 Å². The molecule has 0 heteroatoms. The normalized spacial score (nSPS) is 11.6. The van der Waals surface area contributed by atoms with E-state index in [1.807, 2.05) is 0 Å². The van der Waals surface area contributed by atoms with E-state index >= 15 is 0 Å². The topological polar surface area (TPSA) is 0 Å². The first-order valence-electron chi connectivity index (χ1n) is 21.4. The Kier molecular flexibility index (Phi) is 9.13. The monoisotopic (exact) mass is 776 g/mol. The molecule has 0 aliphatic carbocycles. The molecule has 0 aromatic heterocycles. The van der Waals surface area contributed by atoms with Crippen LogP contribution in [0.25, 0.3) is 110 Å². The van der Waals surface area contributed by atoms with Gasteiger partial charge in [0.2, 0.25) is 0 Å². The predicted molar refractivity (Wildman–Crippen MR) is 263 cm³/mol. The van der Waals surface area contributed by atoms with E-state index in [1.54, 1.807) is 0 Å². The number of fused-ring (bicyclic) bond motifs is 4. The Bertz CT molecular complexity index is 3360. The van der Waals surface area contributed by atoms with Gasteiger partial charge < -0.3 is 0 Å². The summed E-state index contributed by atoms with van der Waals surface area (Å²) in [5, 5.41) is 10.1. The average Bonchev–Trinajstić information content (AvgIpc) is 3.33. The Hall–Kier alpha value is -7.54. The second-order valence-corrected chi connectivity index (χ2v) is 16.6. The predicted octanol–water partition coefficient (Wildman–Crippen LogP) is 17.4. The highest BCUT2D eigenvalue weighted by Crippen LogP contribution is 2.46. The van der Waals surface area contributed by atoms with Gasteiger partial charge in [-0.3, -0.25) is 0 Å². The molecule has 0 fully saturated rings. The summed E-state index contributed by atoms with van der Waals surface area (Å²) in [5.41, 5.74) is 16.1. The molecule has 0 unspecified atom stereocenters. The van der Waals surface area contributed by atoms with E-state index in [4.69, 9.17) is 0 Å². The van der Waals surface area contributed by atoms with Crippen LogP contribution in [0.2, 0.25) is 0 Å². The molecule has 0 aliphatic heterocycles. The zero-order valence-electron chi connectivity index (χ0n) is 34.4. The smallest absolute Gasteiger partial charge is 0.00261 e. The second kappa shape index (κ2) is 15.2. The molecular formula is C61H44. The van der Waals surface area contributed by atoms with Crippen molar-refractivity contribution in [2.75, 3.05) is 0 Å². The van der Waals surface area contributed by atoms with Crippen LogP contribution in [0.15, 0.2) is 224 Å². The number of rotatable bonds is 7. The van der Waals surface area contributed by atoms with E-state index in [0.717, 1.165) is 0 Å². The number of hydrogen-bond acceptors (Lipinski definition) is 0. The Morgan fingerprint density at radius 1 is 0.246 bits per heavy atom. The first-order chi connectivity index (χ1) is 30.1. The van der Waals surface area contributed by atoms with Gasteiger partial charge in [0.25, 0.3) is 0 Å². The average molecular weight is 777 g/mol. The molecule has 0 saturated heterocycles. The van der Waals surface area contributed by atoms with E-state index in [0.29, 0.717) is 5.92 Å². The van der Waals surface area contributed by atoms with Crippen molar-refractivity contribution in [1.82, 2.24) is 0 Å². The van der Waals surface area contributed by atoms with Crippen LogP contribution in [0, 0.1) is 0 Å². The summed E-state index contributed by atoms with van der Waals surface area (Å²) >= 11 is 0. The zero-order valence-corrected chi connectivity index (χ0v) is 34.4. The van der Waals surface area contributed by atoms with Gasteiger partial charge in [-0.2, -0.15) is 0 Å². The van der Waals surface area contributed by atoms with Gasteiger partial charge in [-0.05, 0) is 133 Å². The lowest BCUT2D eigenvalue weighted by Crippen LogP contribution is -1.93. The van der Waals surface area contributed by atoms with Gasteiger partial charge in [-0.25, -0.2) is 0 Å². The van der Waals surface area contributed by atoms with E-state index < -0.39 is 0 Å². The highest BCUT2D eigenvalue weighted by molar-refractivity contribution is 6.21. The maximum atomic E-state index is 2.44. The largest absolute Gasteiger partial charge is 0.0616 e. The molecular weight excluding hydrogens is 733 g/mol. The lowest BCUT2D eigenvalue weighted by atomic mass is 9.83.